The van der Waals surface area contributed by atoms with Gasteiger partial charge in [-0.05, 0) is 42.4 Å². The summed E-state index contributed by atoms with van der Waals surface area (Å²) in [5.74, 6) is 2.66. The summed E-state index contributed by atoms with van der Waals surface area (Å²) in [6, 6.07) is 1.74. The van der Waals surface area contributed by atoms with Crippen LogP contribution < -0.4 is 11.3 Å². The van der Waals surface area contributed by atoms with Gasteiger partial charge in [0.15, 0.2) is 17.5 Å². The first-order valence-electron chi connectivity index (χ1n) is 7.17. The zero-order chi connectivity index (χ0) is 14.7. The van der Waals surface area contributed by atoms with Crippen LogP contribution in [-0.2, 0) is 0 Å². The molecule has 1 aliphatic rings. The molecule has 3 N–H and O–H groups in total. The van der Waals surface area contributed by atoms with Gasteiger partial charge in [0.2, 0.25) is 0 Å². The van der Waals surface area contributed by atoms with Crippen molar-refractivity contribution in [2.45, 2.75) is 45.1 Å². The second-order valence-electron chi connectivity index (χ2n) is 5.64. The predicted octanol–water partition coefficient (Wildman–Crippen LogP) is 3.82. The Morgan fingerprint density at radius 3 is 2.45 bits per heavy atom. The summed E-state index contributed by atoms with van der Waals surface area (Å²) in [7, 11) is 0. The van der Waals surface area contributed by atoms with Gasteiger partial charge in [0, 0.05) is 6.04 Å². The minimum Gasteiger partial charge on any atom is -0.271 e. The monoisotopic (exact) mass is 286 g/mol. The van der Waals surface area contributed by atoms with Crippen LogP contribution in [0, 0.1) is 29.3 Å². The average molecular weight is 286 g/mol. The highest BCUT2D eigenvalue weighted by atomic mass is 19.2. The first-order chi connectivity index (χ1) is 9.56. The van der Waals surface area contributed by atoms with Crippen molar-refractivity contribution < 1.29 is 13.2 Å². The quantitative estimate of drug-likeness (QED) is 0.501. The van der Waals surface area contributed by atoms with Crippen molar-refractivity contribution in [1.29, 1.82) is 0 Å². The smallest absolute Gasteiger partial charge is 0.194 e. The molecule has 0 aliphatic heterocycles. The number of halogens is 3. The molecule has 0 heterocycles. The topological polar surface area (TPSA) is 38.0 Å². The number of hydrogen-bond acceptors (Lipinski definition) is 2. The van der Waals surface area contributed by atoms with E-state index in [0.29, 0.717) is 11.5 Å². The Kier molecular flexibility index (Phi) is 5.05. The van der Waals surface area contributed by atoms with E-state index in [2.05, 4.69) is 12.3 Å². The van der Waals surface area contributed by atoms with Crippen molar-refractivity contribution in [1.82, 2.24) is 5.43 Å². The number of benzene rings is 1. The van der Waals surface area contributed by atoms with E-state index in [-0.39, 0.29) is 12.0 Å². The highest BCUT2D eigenvalue weighted by Gasteiger charge is 2.29. The molecule has 5 heteroatoms. The van der Waals surface area contributed by atoms with E-state index < -0.39 is 17.5 Å². The van der Waals surface area contributed by atoms with Crippen molar-refractivity contribution >= 4 is 0 Å². The molecule has 1 aliphatic carbocycles. The summed E-state index contributed by atoms with van der Waals surface area (Å²) in [4.78, 5) is 0. The van der Waals surface area contributed by atoms with Crippen molar-refractivity contribution in [3.8, 4) is 0 Å². The number of hydrazine groups is 1. The third-order valence-electron chi connectivity index (χ3n) is 4.42. The van der Waals surface area contributed by atoms with Crippen molar-refractivity contribution in [3.05, 3.63) is 35.1 Å². The fourth-order valence-corrected chi connectivity index (χ4v) is 3.27. The van der Waals surface area contributed by atoms with Gasteiger partial charge in [0.1, 0.15) is 0 Å². The lowest BCUT2D eigenvalue weighted by molar-refractivity contribution is 0.209. The SMILES string of the molecule is CCC1CCCC(C(NN)c2cc(F)c(F)c(F)c2)C1. The molecule has 0 aromatic heterocycles. The second kappa shape index (κ2) is 6.59. The molecule has 0 saturated heterocycles. The molecular weight excluding hydrogens is 265 g/mol. The lowest BCUT2D eigenvalue weighted by Gasteiger charge is -2.34. The number of hydrogen-bond donors (Lipinski definition) is 2. The zero-order valence-corrected chi connectivity index (χ0v) is 11.6. The summed E-state index contributed by atoms with van der Waals surface area (Å²) in [5, 5.41) is 0. The van der Waals surface area contributed by atoms with Crippen LogP contribution in [0.1, 0.15) is 50.6 Å². The summed E-state index contributed by atoms with van der Waals surface area (Å²) in [6.45, 7) is 2.15. The Morgan fingerprint density at radius 2 is 1.90 bits per heavy atom. The van der Waals surface area contributed by atoms with Gasteiger partial charge < -0.3 is 0 Å². The first kappa shape index (κ1) is 15.3. The van der Waals surface area contributed by atoms with Gasteiger partial charge in [0.25, 0.3) is 0 Å². The highest BCUT2D eigenvalue weighted by molar-refractivity contribution is 5.23. The van der Waals surface area contributed by atoms with Crippen LogP contribution in [0.5, 0.6) is 0 Å². The molecule has 3 atom stereocenters. The van der Waals surface area contributed by atoms with Gasteiger partial charge in [-0.15, -0.1) is 0 Å². The summed E-state index contributed by atoms with van der Waals surface area (Å²) < 4.78 is 39.8. The Hall–Kier alpha value is -1.07. The molecule has 0 bridgehead atoms. The molecule has 3 unspecified atom stereocenters. The summed E-state index contributed by atoms with van der Waals surface area (Å²) in [5.41, 5.74) is 3.03. The Balaban J connectivity index is 2.23. The Morgan fingerprint density at radius 1 is 1.25 bits per heavy atom. The molecule has 1 aromatic rings. The largest absolute Gasteiger partial charge is 0.271 e. The predicted molar refractivity (Wildman–Crippen MR) is 72.1 cm³/mol. The summed E-state index contributed by atoms with van der Waals surface area (Å²) in [6.07, 6.45) is 5.32. The average Bonchev–Trinajstić information content (AvgIpc) is 2.45. The van der Waals surface area contributed by atoms with Gasteiger partial charge in [-0.3, -0.25) is 11.3 Å². The number of rotatable bonds is 4. The lowest BCUT2D eigenvalue weighted by atomic mass is 9.75. The van der Waals surface area contributed by atoms with Crippen LogP contribution in [-0.4, -0.2) is 0 Å². The molecular formula is C15H21F3N2. The standard InChI is InChI=1S/C15H21F3N2/c1-2-9-4-3-5-10(6-9)15(20-19)11-7-12(16)14(18)13(17)8-11/h7-10,15,20H,2-6,19H2,1H3. The van der Waals surface area contributed by atoms with Gasteiger partial charge in [-0.2, -0.15) is 0 Å². The van der Waals surface area contributed by atoms with Gasteiger partial charge in [0.05, 0.1) is 0 Å². The number of nitrogens with one attached hydrogen (secondary N) is 1. The van der Waals surface area contributed by atoms with E-state index >= 15 is 0 Å². The molecule has 0 radical (unpaired) electrons. The van der Waals surface area contributed by atoms with Crippen LogP contribution in [0.15, 0.2) is 12.1 Å². The van der Waals surface area contributed by atoms with E-state index in [1.165, 1.54) is 6.42 Å². The third-order valence-corrected chi connectivity index (χ3v) is 4.42. The molecule has 2 rings (SSSR count). The second-order valence-corrected chi connectivity index (χ2v) is 5.64. The van der Waals surface area contributed by atoms with Gasteiger partial charge >= 0.3 is 0 Å². The lowest BCUT2D eigenvalue weighted by Crippen LogP contribution is -2.36. The molecule has 112 valence electrons. The van der Waals surface area contributed by atoms with Gasteiger partial charge in [-0.25, -0.2) is 13.2 Å². The number of nitrogens with two attached hydrogens (primary N) is 1. The molecule has 0 amide bonds. The van der Waals surface area contributed by atoms with Gasteiger partial charge in [-0.1, -0.05) is 26.2 Å². The fourth-order valence-electron chi connectivity index (χ4n) is 3.27. The van der Waals surface area contributed by atoms with E-state index in [4.69, 9.17) is 5.84 Å². The molecule has 2 nitrogen and oxygen atoms in total. The maximum absolute atomic E-state index is 13.4. The minimum atomic E-state index is -1.43. The molecule has 1 saturated carbocycles. The minimum absolute atomic E-state index is 0.225. The van der Waals surface area contributed by atoms with Crippen molar-refractivity contribution in [2.24, 2.45) is 17.7 Å². The normalized spacial score (nSPS) is 24.6. The fraction of sp³-hybridized carbons (Fsp3) is 0.600. The zero-order valence-electron chi connectivity index (χ0n) is 11.6. The molecule has 20 heavy (non-hydrogen) atoms. The van der Waals surface area contributed by atoms with Crippen LogP contribution in [0.25, 0.3) is 0 Å². The van der Waals surface area contributed by atoms with E-state index in [0.717, 1.165) is 37.8 Å². The highest BCUT2D eigenvalue weighted by Crippen LogP contribution is 2.38. The third kappa shape index (κ3) is 3.15. The van der Waals surface area contributed by atoms with Crippen LogP contribution in [0.4, 0.5) is 13.2 Å². The van der Waals surface area contributed by atoms with E-state index in [1.807, 2.05) is 0 Å². The first-order valence-corrected chi connectivity index (χ1v) is 7.17. The molecule has 1 aromatic carbocycles. The summed E-state index contributed by atoms with van der Waals surface area (Å²) >= 11 is 0. The maximum atomic E-state index is 13.4. The van der Waals surface area contributed by atoms with E-state index in [9.17, 15) is 13.2 Å². The maximum Gasteiger partial charge on any atom is 0.194 e. The van der Waals surface area contributed by atoms with Crippen LogP contribution in [0.2, 0.25) is 0 Å². The van der Waals surface area contributed by atoms with Crippen molar-refractivity contribution in [3.63, 3.8) is 0 Å². The van der Waals surface area contributed by atoms with Crippen LogP contribution >= 0.6 is 0 Å². The Labute approximate surface area is 117 Å². The Bertz CT molecular complexity index is 441. The van der Waals surface area contributed by atoms with E-state index in [1.54, 1.807) is 0 Å². The van der Waals surface area contributed by atoms with Crippen molar-refractivity contribution in [2.75, 3.05) is 0 Å². The van der Waals surface area contributed by atoms with Crippen LogP contribution in [0.3, 0.4) is 0 Å². The molecule has 1 fully saturated rings. The molecule has 0 spiro atoms.